The van der Waals surface area contributed by atoms with Gasteiger partial charge >= 0.3 is 12.1 Å². The van der Waals surface area contributed by atoms with E-state index in [9.17, 15) is 18.8 Å². The number of hydrogen-bond acceptors (Lipinski definition) is 4. The first-order valence-electron chi connectivity index (χ1n) is 12.7. The topological polar surface area (TPSA) is 87.2 Å². The summed E-state index contributed by atoms with van der Waals surface area (Å²) in [6, 6.07) is 13.4. The van der Waals surface area contributed by atoms with E-state index in [0.29, 0.717) is 5.56 Å². The second-order valence-electron chi connectivity index (χ2n) is 10.0. The Morgan fingerprint density at radius 3 is 2.47 bits per heavy atom. The van der Waals surface area contributed by atoms with Crippen molar-refractivity contribution in [3.05, 3.63) is 65.5 Å². The summed E-state index contributed by atoms with van der Waals surface area (Å²) in [6.07, 6.45) is 3.21. The molecule has 5 rings (SSSR count). The third-order valence-electron chi connectivity index (χ3n) is 7.68. The molecular formula is C28H31FN2O5. The normalized spacial score (nSPS) is 23.4. The van der Waals surface area contributed by atoms with Crippen molar-refractivity contribution in [1.29, 1.82) is 0 Å². The number of halogens is 1. The second-order valence-corrected chi connectivity index (χ2v) is 10.0. The number of para-hydroxylation sites is 1. The van der Waals surface area contributed by atoms with Gasteiger partial charge in [0, 0.05) is 24.4 Å². The smallest absolute Gasteiger partial charge is 0.415 e. The van der Waals surface area contributed by atoms with E-state index in [1.807, 2.05) is 29.2 Å². The maximum absolute atomic E-state index is 13.6. The van der Waals surface area contributed by atoms with Gasteiger partial charge in [0.2, 0.25) is 5.91 Å². The highest BCUT2D eigenvalue weighted by atomic mass is 19.1. The molecule has 190 valence electrons. The molecule has 0 bridgehead atoms. The fraction of sp³-hybridized carbons (Fsp3) is 0.464. The highest BCUT2D eigenvalue weighted by Crippen LogP contribution is 2.52. The van der Waals surface area contributed by atoms with Gasteiger partial charge in [0.25, 0.3) is 0 Å². The van der Waals surface area contributed by atoms with Crippen LogP contribution in [-0.4, -0.2) is 40.1 Å². The highest BCUT2D eigenvalue weighted by molar-refractivity contribution is 5.91. The molecule has 2 aromatic rings. The van der Waals surface area contributed by atoms with Crippen molar-refractivity contribution in [2.45, 2.75) is 76.1 Å². The van der Waals surface area contributed by atoms with Gasteiger partial charge in [-0.1, -0.05) is 36.8 Å². The van der Waals surface area contributed by atoms with Crippen LogP contribution in [0.4, 0.5) is 14.9 Å². The lowest BCUT2D eigenvalue weighted by Crippen LogP contribution is -2.53. The van der Waals surface area contributed by atoms with Gasteiger partial charge in [-0.05, 0) is 61.9 Å². The minimum absolute atomic E-state index is 0.0250. The third-order valence-corrected chi connectivity index (χ3v) is 7.68. The number of amides is 2. The summed E-state index contributed by atoms with van der Waals surface area (Å²) < 4.78 is 19.2. The standard InChI is InChI=1S/C28H31FN2O5/c1-17(18-9-11-19(29)12-10-18)36-28(35)31-23-7-3-2-5-21(23)27(22-6-4-8-24(22)31)30(20-13-14-20)25(32)15-16-26(33)34/h2-3,5,7,9-12,17,20,22,24,27H,4,6,8,13-16H2,1H3,(H,33,34). The van der Waals surface area contributed by atoms with Gasteiger partial charge in [-0.2, -0.15) is 0 Å². The molecule has 2 aromatic carbocycles. The summed E-state index contributed by atoms with van der Waals surface area (Å²) in [5, 5.41) is 9.13. The molecule has 4 unspecified atom stereocenters. The lowest BCUT2D eigenvalue weighted by Gasteiger charge is -2.47. The average Bonchev–Trinajstić information content (AvgIpc) is 3.58. The quantitative estimate of drug-likeness (QED) is 0.541. The summed E-state index contributed by atoms with van der Waals surface area (Å²) in [5.41, 5.74) is 2.35. The second kappa shape index (κ2) is 9.91. The zero-order valence-corrected chi connectivity index (χ0v) is 20.3. The summed E-state index contributed by atoms with van der Waals surface area (Å²) in [6.45, 7) is 1.77. The molecule has 1 heterocycles. The summed E-state index contributed by atoms with van der Waals surface area (Å²) >= 11 is 0. The summed E-state index contributed by atoms with van der Waals surface area (Å²) in [7, 11) is 0. The van der Waals surface area contributed by atoms with Gasteiger partial charge in [-0.25, -0.2) is 9.18 Å². The number of aliphatic carboxylic acids is 1. The molecule has 0 saturated heterocycles. The molecule has 0 aromatic heterocycles. The Morgan fingerprint density at radius 1 is 1.06 bits per heavy atom. The van der Waals surface area contributed by atoms with Crippen LogP contribution in [0.2, 0.25) is 0 Å². The van der Waals surface area contributed by atoms with Gasteiger partial charge in [-0.15, -0.1) is 0 Å². The Balaban J connectivity index is 1.46. The minimum atomic E-state index is -0.980. The van der Waals surface area contributed by atoms with Crippen LogP contribution in [0.1, 0.15) is 75.1 Å². The van der Waals surface area contributed by atoms with Crippen molar-refractivity contribution in [2.75, 3.05) is 4.90 Å². The molecule has 4 atom stereocenters. The Kier molecular flexibility index (Phi) is 6.69. The van der Waals surface area contributed by atoms with Crippen molar-refractivity contribution in [1.82, 2.24) is 4.90 Å². The third kappa shape index (κ3) is 4.68. The van der Waals surface area contributed by atoms with E-state index in [4.69, 9.17) is 9.84 Å². The van der Waals surface area contributed by atoms with E-state index in [-0.39, 0.29) is 48.6 Å². The van der Waals surface area contributed by atoms with Crippen molar-refractivity contribution in [2.24, 2.45) is 5.92 Å². The Labute approximate surface area is 209 Å². The first-order chi connectivity index (χ1) is 17.3. The Bertz CT molecular complexity index is 1150. The predicted molar refractivity (Wildman–Crippen MR) is 131 cm³/mol. The zero-order valence-electron chi connectivity index (χ0n) is 20.3. The number of ether oxygens (including phenoxy) is 1. The molecule has 2 aliphatic carbocycles. The lowest BCUT2D eigenvalue weighted by molar-refractivity contribution is -0.142. The van der Waals surface area contributed by atoms with Crippen LogP contribution in [0, 0.1) is 11.7 Å². The first kappa shape index (κ1) is 24.3. The number of benzene rings is 2. The van der Waals surface area contributed by atoms with Crippen LogP contribution in [0.15, 0.2) is 48.5 Å². The minimum Gasteiger partial charge on any atom is -0.481 e. The molecule has 2 saturated carbocycles. The van der Waals surface area contributed by atoms with Crippen molar-refractivity contribution in [3.63, 3.8) is 0 Å². The van der Waals surface area contributed by atoms with Crippen molar-refractivity contribution in [3.8, 4) is 0 Å². The molecule has 3 aliphatic rings. The molecule has 8 heteroatoms. The monoisotopic (exact) mass is 494 g/mol. The number of hydrogen-bond donors (Lipinski definition) is 1. The lowest BCUT2D eigenvalue weighted by atomic mass is 9.81. The number of carboxylic acid groups (broad SMARTS) is 1. The van der Waals surface area contributed by atoms with E-state index in [0.717, 1.165) is 43.4 Å². The van der Waals surface area contributed by atoms with E-state index >= 15 is 0 Å². The molecule has 1 N–H and O–H groups in total. The maximum atomic E-state index is 13.6. The first-order valence-corrected chi connectivity index (χ1v) is 12.7. The SMILES string of the molecule is CC(OC(=O)N1c2ccccc2C(N(C(=O)CCC(=O)O)C2CC2)C2CCCC21)c1ccc(F)cc1. The molecule has 36 heavy (non-hydrogen) atoms. The van der Waals surface area contributed by atoms with E-state index in [1.54, 1.807) is 24.0 Å². The van der Waals surface area contributed by atoms with E-state index in [1.165, 1.54) is 12.1 Å². The number of anilines is 1. The molecule has 1 aliphatic heterocycles. The van der Waals surface area contributed by atoms with Crippen LogP contribution >= 0.6 is 0 Å². The summed E-state index contributed by atoms with van der Waals surface area (Å²) in [4.78, 5) is 41.7. The van der Waals surface area contributed by atoms with Crippen LogP contribution in [-0.2, 0) is 14.3 Å². The number of rotatable bonds is 7. The molecule has 0 spiro atoms. The Morgan fingerprint density at radius 2 is 1.78 bits per heavy atom. The molecule has 7 nitrogen and oxygen atoms in total. The zero-order chi connectivity index (χ0) is 25.4. The van der Waals surface area contributed by atoms with E-state index in [2.05, 4.69) is 0 Å². The summed E-state index contributed by atoms with van der Waals surface area (Å²) in [5.74, 6) is -1.42. The van der Waals surface area contributed by atoms with Crippen molar-refractivity contribution >= 4 is 23.7 Å². The van der Waals surface area contributed by atoms with Gasteiger partial charge in [0.05, 0.1) is 18.2 Å². The van der Waals surface area contributed by atoms with Gasteiger partial charge in [-0.3, -0.25) is 14.5 Å². The van der Waals surface area contributed by atoms with Crippen LogP contribution in [0.3, 0.4) is 0 Å². The predicted octanol–water partition coefficient (Wildman–Crippen LogP) is 5.61. The maximum Gasteiger partial charge on any atom is 0.415 e. The fourth-order valence-corrected chi connectivity index (χ4v) is 5.91. The highest BCUT2D eigenvalue weighted by Gasteiger charge is 2.51. The van der Waals surface area contributed by atoms with Crippen LogP contribution in [0.5, 0.6) is 0 Å². The number of carbonyl (C=O) groups excluding carboxylic acids is 2. The fourth-order valence-electron chi connectivity index (χ4n) is 5.91. The average molecular weight is 495 g/mol. The Hall–Kier alpha value is -3.42. The van der Waals surface area contributed by atoms with Crippen molar-refractivity contribution < 1.29 is 28.6 Å². The largest absolute Gasteiger partial charge is 0.481 e. The number of nitrogens with zero attached hydrogens (tertiary/aromatic N) is 2. The molecule has 0 radical (unpaired) electrons. The molecule has 2 amide bonds. The number of carboxylic acids is 1. The number of fused-ring (bicyclic) bond motifs is 2. The van der Waals surface area contributed by atoms with Crippen LogP contribution < -0.4 is 4.90 Å². The van der Waals surface area contributed by atoms with E-state index < -0.39 is 18.2 Å². The van der Waals surface area contributed by atoms with Crippen LogP contribution in [0.25, 0.3) is 0 Å². The number of carbonyl (C=O) groups is 3. The van der Waals surface area contributed by atoms with Gasteiger partial charge in [0.1, 0.15) is 11.9 Å². The van der Waals surface area contributed by atoms with Gasteiger partial charge in [0.15, 0.2) is 0 Å². The molecular weight excluding hydrogens is 463 g/mol. The van der Waals surface area contributed by atoms with Gasteiger partial charge < -0.3 is 14.7 Å². The molecule has 2 fully saturated rings.